The van der Waals surface area contributed by atoms with Crippen molar-refractivity contribution in [2.45, 2.75) is 20.4 Å². The van der Waals surface area contributed by atoms with E-state index in [1.807, 2.05) is 29.2 Å². The lowest BCUT2D eigenvalue weighted by atomic mass is 10.1. The van der Waals surface area contributed by atoms with Gasteiger partial charge in [-0.15, -0.1) is 12.4 Å². The first-order chi connectivity index (χ1) is 8.54. The van der Waals surface area contributed by atoms with E-state index in [0.29, 0.717) is 23.8 Å². The Kier molecular flexibility index (Phi) is 3.63. The van der Waals surface area contributed by atoms with Crippen LogP contribution in [0.4, 0.5) is 0 Å². The van der Waals surface area contributed by atoms with Gasteiger partial charge in [-0.1, -0.05) is 26.0 Å². The van der Waals surface area contributed by atoms with E-state index in [2.05, 4.69) is 13.8 Å². The fourth-order valence-electron chi connectivity index (χ4n) is 3.26. The van der Waals surface area contributed by atoms with Gasteiger partial charge in [-0.2, -0.15) is 0 Å². The third-order valence-electron chi connectivity index (χ3n) is 4.85. The highest BCUT2D eigenvalue weighted by Crippen LogP contribution is 2.62. The SMILES string of the molecule is CC1(C)C2CN(C(=O)c3ccc(CN)cc3)CC21.Cl. The van der Waals surface area contributed by atoms with Gasteiger partial charge < -0.3 is 10.6 Å². The summed E-state index contributed by atoms with van der Waals surface area (Å²) in [5.74, 6) is 1.59. The molecule has 1 saturated heterocycles. The average Bonchev–Trinajstić information content (AvgIpc) is 2.78. The van der Waals surface area contributed by atoms with E-state index in [1.54, 1.807) is 0 Å². The first kappa shape index (κ1) is 14.4. The summed E-state index contributed by atoms with van der Waals surface area (Å²) in [7, 11) is 0. The Morgan fingerprint density at radius 3 is 2.26 bits per heavy atom. The molecule has 1 aromatic carbocycles. The first-order valence-corrected chi connectivity index (χ1v) is 6.62. The Labute approximate surface area is 120 Å². The zero-order chi connectivity index (χ0) is 12.9. The number of carbonyl (C=O) groups excluding carboxylic acids is 1. The molecule has 0 bridgehead atoms. The lowest BCUT2D eigenvalue weighted by Gasteiger charge is -2.22. The monoisotopic (exact) mass is 280 g/mol. The summed E-state index contributed by atoms with van der Waals surface area (Å²) in [5, 5.41) is 0. The van der Waals surface area contributed by atoms with Crippen LogP contribution in [0.25, 0.3) is 0 Å². The van der Waals surface area contributed by atoms with Gasteiger partial charge in [-0.3, -0.25) is 4.79 Å². The van der Waals surface area contributed by atoms with Gasteiger partial charge in [0.1, 0.15) is 0 Å². The minimum absolute atomic E-state index is 0. The Morgan fingerprint density at radius 1 is 1.26 bits per heavy atom. The number of benzene rings is 1. The van der Waals surface area contributed by atoms with Crippen molar-refractivity contribution in [3.05, 3.63) is 35.4 Å². The van der Waals surface area contributed by atoms with Crippen LogP contribution in [0.1, 0.15) is 29.8 Å². The second-order valence-electron chi connectivity index (χ2n) is 6.15. The summed E-state index contributed by atoms with van der Waals surface area (Å²) in [5.41, 5.74) is 7.87. The molecule has 3 nitrogen and oxygen atoms in total. The Bertz CT molecular complexity index is 469. The van der Waals surface area contributed by atoms with Crippen LogP contribution in [0.2, 0.25) is 0 Å². The van der Waals surface area contributed by atoms with Crippen LogP contribution in [0.5, 0.6) is 0 Å². The third kappa shape index (κ3) is 2.26. The zero-order valence-corrected chi connectivity index (χ0v) is 12.2. The molecule has 2 unspecified atom stereocenters. The molecule has 4 heteroatoms. The second kappa shape index (κ2) is 4.80. The highest BCUT2D eigenvalue weighted by atomic mass is 35.5. The van der Waals surface area contributed by atoms with Crippen molar-refractivity contribution in [3.8, 4) is 0 Å². The maximum atomic E-state index is 12.3. The van der Waals surface area contributed by atoms with Crippen molar-refractivity contribution in [1.82, 2.24) is 4.90 Å². The molecule has 1 aliphatic carbocycles. The van der Waals surface area contributed by atoms with Gasteiger partial charge in [0, 0.05) is 25.2 Å². The van der Waals surface area contributed by atoms with Crippen molar-refractivity contribution in [1.29, 1.82) is 0 Å². The normalized spacial score (nSPS) is 26.6. The van der Waals surface area contributed by atoms with Crippen LogP contribution in [0.15, 0.2) is 24.3 Å². The molecular formula is C15H21ClN2O. The smallest absolute Gasteiger partial charge is 0.253 e. The number of piperidine rings is 1. The van der Waals surface area contributed by atoms with E-state index in [0.717, 1.165) is 24.2 Å². The minimum Gasteiger partial charge on any atom is -0.338 e. The van der Waals surface area contributed by atoms with E-state index in [1.165, 1.54) is 0 Å². The van der Waals surface area contributed by atoms with Crippen LogP contribution in [-0.2, 0) is 6.54 Å². The highest BCUT2D eigenvalue weighted by Gasteiger charge is 2.62. The number of hydrogen-bond acceptors (Lipinski definition) is 2. The zero-order valence-electron chi connectivity index (χ0n) is 11.4. The maximum absolute atomic E-state index is 12.3. The van der Waals surface area contributed by atoms with Gasteiger partial charge in [0.2, 0.25) is 0 Å². The lowest BCUT2D eigenvalue weighted by Crippen LogP contribution is -2.32. The molecular weight excluding hydrogens is 260 g/mol. The summed E-state index contributed by atoms with van der Waals surface area (Å²) in [6.07, 6.45) is 0. The van der Waals surface area contributed by atoms with Crippen LogP contribution >= 0.6 is 12.4 Å². The number of fused-ring (bicyclic) bond motifs is 1. The molecule has 2 N–H and O–H groups in total. The summed E-state index contributed by atoms with van der Waals surface area (Å²) in [6, 6.07) is 7.65. The summed E-state index contributed by atoms with van der Waals surface area (Å²) in [4.78, 5) is 14.3. The Morgan fingerprint density at radius 2 is 1.79 bits per heavy atom. The summed E-state index contributed by atoms with van der Waals surface area (Å²) >= 11 is 0. The maximum Gasteiger partial charge on any atom is 0.253 e. The lowest BCUT2D eigenvalue weighted by molar-refractivity contribution is 0.0758. The Hall–Kier alpha value is -1.06. The topological polar surface area (TPSA) is 46.3 Å². The van der Waals surface area contributed by atoms with Gasteiger partial charge in [0.05, 0.1) is 0 Å². The molecule has 1 aromatic rings. The fraction of sp³-hybridized carbons (Fsp3) is 0.533. The molecule has 1 amide bonds. The van der Waals surface area contributed by atoms with Gasteiger partial charge in [-0.05, 0) is 34.9 Å². The second-order valence-corrected chi connectivity index (χ2v) is 6.15. The third-order valence-corrected chi connectivity index (χ3v) is 4.85. The molecule has 104 valence electrons. The largest absolute Gasteiger partial charge is 0.338 e. The van der Waals surface area contributed by atoms with E-state index in [9.17, 15) is 4.79 Å². The molecule has 1 aliphatic heterocycles. The number of hydrogen-bond donors (Lipinski definition) is 1. The molecule has 1 saturated carbocycles. The molecule has 0 radical (unpaired) electrons. The molecule has 2 fully saturated rings. The number of likely N-dealkylation sites (tertiary alicyclic amines) is 1. The number of nitrogens with zero attached hydrogens (tertiary/aromatic N) is 1. The molecule has 0 aromatic heterocycles. The quantitative estimate of drug-likeness (QED) is 0.903. The molecule has 2 atom stereocenters. The highest BCUT2D eigenvalue weighted by molar-refractivity contribution is 5.94. The van der Waals surface area contributed by atoms with Gasteiger partial charge >= 0.3 is 0 Å². The van der Waals surface area contributed by atoms with Crippen LogP contribution in [0, 0.1) is 17.3 Å². The van der Waals surface area contributed by atoms with E-state index >= 15 is 0 Å². The Balaban J connectivity index is 0.00000133. The van der Waals surface area contributed by atoms with E-state index in [4.69, 9.17) is 5.73 Å². The molecule has 2 aliphatic rings. The van der Waals surface area contributed by atoms with Crippen LogP contribution in [-0.4, -0.2) is 23.9 Å². The van der Waals surface area contributed by atoms with Gasteiger partial charge in [0.25, 0.3) is 5.91 Å². The number of nitrogens with two attached hydrogens (primary N) is 1. The van der Waals surface area contributed by atoms with Crippen LogP contribution in [0.3, 0.4) is 0 Å². The molecule has 19 heavy (non-hydrogen) atoms. The van der Waals surface area contributed by atoms with Crippen molar-refractivity contribution < 1.29 is 4.79 Å². The summed E-state index contributed by atoms with van der Waals surface area (Å²) in [6.45, 7) is 6.99. The number of halogens is 1. The van der Waals surface area contributed by atoms with Crippen molar-refractivity contribution in [2.24, 2.45) is 23.0 Å². The standard InChI is InChI=1S/C15H20N2O.ClH/c1-15(2)12-8-17(9-13(12)15)14(18)11-5-3-10(7-16)4-6-11;/h3-6,12-13H,7-9,16H2,1-2H3;1H. The predicted molar refractivity (Wildman–Crippen MR) is 78.2 cm³/mol. The molecule has 1 heterocycles. The van der Waals surface area contributed by atoms with Crippen molar-refractivity contribution in [2.75, 3.05) is 13.1 Å². The van der Waals surface area contributed by atoms with E-state index in [-0.39, 0.29) is 18.3 Å². The van der Waals surface area contributed by atoms with Gasteiger partial charge in [0.15, 0.2) is 0 Å². The fourth-order valence-corrected chi connectivity index (χ4v) is 3.26. The number of rotatable bonds is 2. The average molecular weight is 281 g/mol. The van der Waals surface area contributed by atoms with Crippen LogP contribution < -0.4 is 5.73 Å². The predicted octanol–water partition coefficient (Wildman–Crippen LogP) is 2.30. The number of amides is 1. The van der Waals surface area contributed by atoms with Crippen molar-refractivity contribution in [3.63, 3.8) is 0 Å². The van der Waals surface area contributed by atoms with Crippen molar-refractivity contribution >= 4 is 18.3 Å². The number of carbonyl (C=O) groups is 1. The van der Waals surface area contributed by atoms with Gasteiger partial charge in [-0.25, -0.2) is 0 Å². The van der Waals surface area contributed by atoms with E-state index < -0.39 is 0 Å². The first-order valence-electron chi connectivity index (χ1n) is 6.62. The summed E-state index contributed by atoms with van der Waals surface area (Å²) < 4.78 is 0. The molecule has 0 spiro atoms. The molecule has 3 rings (SSSR count). The minimum atomic E-state index is 0.